The van der Waals surface area contributed by atoms with Gasteiger partial charge in [0.05, 0.1) is 17.4 Å². The number of amides is 2. The van der Waals surface area contributed by atoms with Crippen molar-refractivity contribution < 1.29 is 14.3 Å². The summed E-state index contributed by atoms with van der Waals surface area (Å²) >= 11 is 0. The zero-order valence-corrected chi connectivity index (χ0v) is 18.2. The van der Waals surface area contributed by atoms with E-state index in [1.54, 1.807) is 23.1 Å². The van der Waals surface area contributed by atoms with Gasteiger partial charge in [0.15, 0.2) is 0 Å². The second-order valence-electron chi connectivity index (χ2n) is 7.89. The molecule has 0 spiro atoms. The maximum atomic E-state index is 13.6. The molecule has 0 bridgehead atoms. The fourth-order valence-corrected chi connectivity index (χ4v) is 3.80. The van der Waals surface area contributed by atoms with Gasteiger partial charge in [-0.25, -0.2) is 0 Å². The molecule has 2 amide bonds. The van der Waals surface area contributed by atoms with Crippen molar-refractivity contribution in [2.45, 2.75) is 32.8 Å². The first-order chi connectivity index (χ1) is 15.5. The number of hydrogen-bond donors (Lipinski definition) is 1. The summed E-state index contributed by atoms with van der Waals surface area (Å²) in [6.45, 7) is 4.87. The van der Waals surface area contributed by atoms with E-state index in [1.807, 2.05) is 38.1 Å². The SMILES string of the molecule is Cc1cccc(NC(=O)CN(CC2CCCO2)C(=O)c2ccccc2-n2cnnn2)c1C. The third kappa shape index (κ3) is 4.83. The summed E-state index contributed by atoms with van der Waals surface area (Å²) in [5, 5.41) is 14.2. The molecule has 0 aliphatic carbocycles. The van der Waals surface area contributed by atoms with Crippen LogP contribution in [0.3, 0.4) is 0 Å². The summed E-state index contributed by atoms with van der Waals surface area (Å²) < 4.78 is 7.18. The van der Waals surface area contributed by atoms with Crippen molar-refractivity contribution in [1.82, 2.24) is 25.1 Å². The average molecular weight is 435 g/mol. The molecule has 32 heavy (non-hydrogen) atoms. The highest BCUT2D eigenvalue weighted by molar-refractivity contribution is 6.01. The van der Waals surface area contributed by atoms with Gasteiger partial charge < -0.3 is 15.0 Å². The first-order valence-electron chi connectivity index (χ1n) is 10.6. The van der Waals surface area contributed by atoms with Crippen LogP contribution in [0.15, 0.2) is 48.8 Å². The molecule has 1 aromatic heterocycles. The van der Waals surface area contributed by atoms with E-state index >= 15 is 0 Å². The van der Waals surface area contributed by atoms with E-state index < -0.39 is 0 Å². The van der Waals surface area contributed by atoms with Gasteiger partial charge in [-0.15, -0.1) is 5.10 Å². The van der Waals surface area contributed by atoms with Crippen molar-refractivity contribution in [3.63, 3.8) is 0 Å². The number of carbonyl (C=O) groups excluding carboxylic acids is 2. The van der Waals surface area contributed by atoms with Crippen LogP contribution in [0.2, 0.25) is 0 Å². The van der Waals surface area contributed by atoms with Gasteiger partial charge in [0.1, 0.15) is 12.9 Å². The maximum Gasteiger partial charge on any atom is 0.256 e. The van der Waals surface area contributed by atoms with Crippen molar-refractivity contribution in [1.29, 1.82) is 0 Å². The molecule has 1 N–H and O–H groups in total. The number of anilines is 1. The fraction of sp³-hybridized carbons (Fsp3) is 0.348. The van der Waals surface area contributed by atoms with Crippen LogP contribution in [-0.4, -0.2) is 62.7 Å². The Morgan fingerprint density at radius 3 is 2.78 bits per heavy atom. The average Bonchev–Trinajstić information content (AvgIpc) is 3.50. The number of rotatable bonds is 7. The highest BCUT2D eigenvalue weighted by Crippen LogP contribution is 2.20. The second kappa shape index (κ2) is 9.69. The van der Waals surface area contributed by atoms with Gasteiger partial charge in [-0.2, -0.15) is 4.68 Å². The molecule has 1 aliphatic heterocycles. The van der Waals surface area contributed by atoms with Gasteiger partial charge in [-0.3, -0.25) is 9.59 Å². The first kappa shape index (κ1) is 21.6. The number of aryl methyl sites for hydroxylation is 1. The first-order valence-corrected chi connectivity index (χ1v) is 10.6. The zero-order valence-electron chi connectivity index (χ0n) is 18.2. The molecule has 2 aromatic carbocycles. The topological polar surface area (TPSA) is 102 Å². The third-order valence-electron chi connectivity index (χ3n) is 5.68. The Morgan fingerprint density at radius 2 is 2.03 bits per heavy atom. The smallest absolute Gasteiger partial charge is 0.256 e. The Kier molecular flexibility index (Phi) is 6.55. The monoisotopic (exact) mass is 434 g/mol. The molecule has 1 saturated heterocycles. The van der Waals surface area contributed by atoms with E-state index in [2.05, 4.69) is 20.8 Å². The predicted octanol–water partition coefficient (Wildman–Crippen LogP) is 2.54. The van der Waals surface area contributed by atoms with Crippen LogP contribution in [0.1, 0.15) is 34.3 Å². The van der Waals surface area contributed by atoms with Crippen molar-refractivity contribution >= 4 is 17.5 Å². The summed E-state index contributed by atoms with van der Waals surface area (Å²) in [5.41, 5.74) is 3.80. The molecule has 1 atom stereocenters. The molecule has 9 nitrogen and oxygen atoms in total. The van der Waals surface area contributed by atoms with E-state index in [4.69, 9.17) is 4.74 Å². The van der Waals surface area contributed by atoms with Gasteiger partial charge in [0, 0.05) is 18.8 Å². The standard InChI is InChI=1S/C23H26N6O3/c1-16-7-5-10-20(17(16)2)25-22(30)14-28(13-18-8-6-12-32-18)23(31)19-9-3-4-11-21(19)29-15-24-26-27-29/h3-5,7,9-11,15,18H,6,8,12-14H2,1-2H3,(H,25,30). The number of hydrogen-bond acceptors (Lipinski definition) is 6. The Balaban J connectivity index is 1.57. The van der Waals surface area contributed by atoms with E-state index in [0.29, 0.717) is 24.4 Å². The Labute approximate surface area is 186 Å². The molecular formula is C23H26N6O3. The van der Waals surface area contributed by atoms with Crippen molar-refractivity contribution in [3.8, 4) is 5.69 Å². The molecule has 1 fully saturated rings. The molecule has 166 valence electrons. The van der Waals surface area contributed by atoms with E-state index in [-0.39, 0.29) is 24.5 Å². The lowest BCUT2D eigenvalue weighted by Gasteiger charge is -2.26. The summed E-state index contributed by atoms with van der Waals surface area (Å²) in [6.07, 6.45) is 3.15. The van der Waals surface area contributed by atoms with Gasteiger partial charge in [-0.1, -0.05) is 24.3 Å². The lowest BCUT2D eigenvalue weighted by Crippen LogP contribution is -2.42. The van der Waals surface area contributed by atoms with Gasteiger partial charge in [0.2, 0.25) is 5.91 Å². The predicted molar refractivity (Wildman–Crippen MR) is 119 cm³/mol. The molecule has 4 rings (SSSR count). The van der Waals surface area contributed by atoms with Crippen molar-refractivity contribution in [2.75, 3.05) is 25.0 Å². The molecule has 9 heteroatoms. The highest BCUT2D eigenvalue weighted by atomic mass is 16.5. The van der Waals surface area contributed by atoms with Crippen LogP contribution in [0, 0.1) is 13.8 Å². The lowest BCUT2D eigenvalue weighted by atomic mass is 10.1. The van der Waals surface area contributed by atoms with E-state index in [1.165, 1.54) is 11.0 Å². The van der Waals surface area contributed by atoms with Crippen LogP contribution in [0.25, 0.3) is 5.69 Å². The minimum Gasteiger partial charge on any atom is -0.376 e. The van der Waals surface area contributed by atoms with Crippen LogP contribution in [0.5, 0.6) is 0 Å². The highest BCUT2D eigenvalue weighted by Gasteiger charge is 2.27. The molecule has 3 aromatic rings. The second-order valence-corrected chi connectivity index (χ2v) is 7.89. The number of carbonyl (C=O) groups is 2. The number of para-hydroxylation sites is 1. The van der Waals surface area contributed by atoms with Crippen molar-refractivity contribution in [2.24, 2.45) is 0 Å². The Morgan fingerprint density at radius 1 is 1.19 bits per heavy atom. The maximum absolute atomic E-state index is 13.6. The van der Waals surface area contributed by atoms with Gasteiger partial charge >= 0.3 is 0 Å². The normalized spacial score (nSPS) is 15.5. The summed E-state index contributed by atoms with van der Waals surface area (Å²) in [5.74, 6) is -0.535. The van der Waals surface area contributed by atoms with Crippen LogP contribution in [-0.2, 0) is 9.53 Å². The Bertz CT molecular complexity index is 1090. The minimum absolute atomic E-state index is 0.0873. The molecule has 1 unspecified atom stereocenters. The van der Waals surface area contributed by atoms with Crippen molar-refractivity contribution in [3.05, 3.63) is 65.5 Å². The molecule has 0 radical (unpaired) electrons. The largest absolute Gasteiger partial charge is 0.376 e. The number of tetrazole rings is 1. The van der Waals surface area contributed by atoms with Gasteiger partial charge in [0.25, 0.3) is 5.91 Å². The van der Waals surface area contributed by atoms with Crippen LogP contribution < -0.4 is 5.32 Å². The molecule has 0 saturated carbocycles. The number of nitrogens with one attached hydrogen (secondary N) is 1. The number of ether oxygens (including phenoxy) is 1. The quantitative estimate of drug-likeness (QED) is 0.613. The van der Waals surface area contributed by atoms with Gasteiger partial charge in [-0.05, 0) is 66.4 Å². The molecular weight excluding hydrogens is 408 g/mol. The van der Waals surface area contributed by atoms with Crippen LogP contribution >= 0.6 is 0 Å². The number of nitrogens with zero attached hydrogens (tertiary/aromatic N) is 5. The van der Waals surface area contributed by atoms with E-state index in [0.717, 1.165) is 29.7 Å². The Hall–Kier alpha value is -3.59. The molecule has 2 heterocycles. The minimum atomic E-state index is -0.275. The summed E-state index contributed by atoms with van der Waals surface area (Å²) in [4.78, 5) is 28.0. The summed E-state index contributed by atoms with van der Waals surface area (Å²) in [6, 6.07) is 12.8. The lowest BCUT2D eigenvalue weighted by molar-refractivity contribution is -0.117. The summed E-state index contributed by atoms with van der Waals surface area (Å²) in [7, 11) is 0. The molecule has 1 aliphatic rings. The number of benzene rings is 2. The van der Waals surface area contributed by atoms with Crippen LogP contribution in [0.4, 0.5) is 5.69 Å². The van der Waals surface area contributed by atoms with E-state index in [9.17, 15) is 9.59 Å². The third-order valence-corrected chi connectivity index (χ3v) is 5.68. The number of aromatic nitrogens is 4. The zero-order chi connectivity index (χ0) is 22.5. The fourth-order valence-electron chi connectivity index (χ4n) is 3.80.